The van der Waals surface area contributed by atoms with Crippen molar-refractivity contribution >= 4 is 33.5 Å². The van der Waals surface area contributed by atoms with Crippen LogP contribution in [0.25, 0.3) is 0 Å². The second-order valence-electron chi connectivity index (χ2n) is 9.00. The Bertz CT molecular complexity index is 1210. The molecule has 0 spiro atoms. The molecule has 2 aromatic rings. The topological polar surface area (TPSA) is 131 Å². The first-order valence-electron chi connectivity index (χ1n) is 12.0. The van der Waals surface area contributed by atoms with Gasteiger partial charge < -0.3 is 14.2 Å². The number of hydrogen-bond acceptors (Lipinski definition) is 8. The number of benzene rings is 2. The molecule has 10 nitrogen and oxygen atoms in total. The van der Waals surface area contributed by atoms with Crippen molar-refractivity contribution in [3.63, 3.8) is 0 Å². The summed E-state index contributed by atoms with van der Waals surface area (Å²) in [5.74, 6) is -0.537. The average molecular weight is 553 g/mol. The van der Waals surface area contributed by atoms with Crippen LogP contribution in [0.2, 0.25) is 5.02 Å². The third-order valence-corrected chi connectivity index (χ3v) is 8.85. The number of nitrogens with one attached hydrogen (secondary N) is 1. The molecule has 0 unspecified atom stereocenters. The summed E-state index contributed by atoms with van der Waals surface area (Å²) in [6, 6.07) is 12.4. The zero-order chi connectivity index (χ0) is 26.6. The van der Waals surface area contributed by atoms with Gasteiger partial charge in [0.05, 0.1) is 30.1 Å². The smallest absolute Gasteiger partial charge is 0.307 e. The molecule has 0 saturated carbocycles. The maximum absolute atomic E-state index is 14.0. The van der Waals surface area contributed by atoms with E-state index < -0.39 is 27.4 Å². The van der Waals surface area contributed by atoms with E-state index in [1.54, 1.807) is 36.7 Å². The fraction of sp³-hybridized carbons (Fsp3) is 0.440. The zero-order valence-electron chi connectivity index (χ0n) is 20.3. The number of nitrogens with zero attached hydrogens (tertiary/aromatic N) is 1. The summed E-state index contributed by atoms with van der Waals surface area (Å²) in [6.45, 7) is 1.48. The Morgan fingerprint density at radius 2 is 1.65 bits per heavy atom. The number of hydrogen-bond donors (Lipinski definition) is 2. The number of rotatable bonds is 10. The van der Waals surface area contributed by atoms with Crippen molar-refractivity contribution in [2.75, 3.05) is 13.2 Å². The number of ether oxygens (including phenoxy) is 3. The summed E-state index contributed by atoms with van der Waals surface area (Å²) in [4.78, 5) is 25.2. The molecule has 1 amide bonds. The summed E-state index contributed by atoms with van der Waals surface area (Å²) in [5, 5.41) is 10.2. The Labute approximate surface area is 220 Å². The molecule has 2 fully saturated rings. The van der Waals surface area contributed by atoms with Crippen molar-refractivity contribution < 1.29 is 37.4 Å². The van der Waals surface area contributed by atoms with E-state index in [9.17, 15) is 23.2 Å². The van der Waals surface area contributed by atoms with Crippen LogP contribution in [-0.4, -0.2) is 60.7 Å². The zero-order valence-corrected chi connectivity index (χ0v) is 21.8. The van der Waals surface area contributed by atoms with Crippen LogP contribution in [0.5, 0.6) is 11.5 Å². The lowest BCUT2D eigenvalue weighted by atomic mass is 9.85. The Hall–Kier alpha value is -2.70. The highest BCUT2D eigenvalue weighted by Gasteiger charge is 2.56. The molecule has 2 aliphatic heterocycles. The van der Waals surface area contributed by atoms with Gasteiger partial charge in [-0.3, -0.25) is 14.8 Å². The van der Waals surface area contributed by atoms with Gasteiger partial charge in [0.15, 0.2) is 0 Å². The van der Waals surface area contributed by atoms with Gasteiger partial charge in [0.1, 0.15) is 17.0 Å². The van der Waals surface area contributed by atoms with Gasteiger partial charge in [0.25, 0.3) is 5.91 Å². The number of carbonyl (C=O) groups is 2. The molecule has 2 aliphatic rings. The molecule has 0 aliphatic carbocycles. The van der Waals surface area contributed by atoms with Crippen LogP contribution in [-0.2, 0) is 29.1 Å². The van der Waals surface area contributed by atoms with Crippen molar-refractivity contribution in [3.05, 3.63) is 53.6 Å². The van der Waals surface area contributed by atoms with Gasteiger partial charge >= 0.3 is 5.97 Å². The molecule has 2 bridgehead atoms. The van der Waals surface area contributed by atoms with E-state index in [2.05, 4.69) is 0 Å². The molecule has 2 heterocycles. The SMILES string of the molecule is CCOC(=O)CCN([C@]1(C(=O)NO)C[C@H]2CC[C@@H](C1)O2)S(=O)(=O)c1ccc(Oc2ccc(Cl)cc2)cc1. The van der Waals surface area contributed by atoms with Crippen molar-refractivity contribution in [3.8, 4) is 11.5 Å². The predicted molar refractivity (Wildman–Crippen MR) is 133 cm³/mol. The lowest BCUT2D eigenvalue weighted by Crippen LogP contribution is -2.64. The van der Waals surface area contributed by atoms with Gasteiger partial charge in [-0.15, -0.1) is 0 Å². The molecular formula is C25H29ClN2O8S. The maximum Gasteiger partial charge on any atom is 0.307 e. The standard InChI is InChI=1S/C25H29ClN2O8S/c1-2-34-23(29)13-14-28(25(24(30)27-31)15-20-7-8-21(16-25)36-20)37(32,33)22-11-9-19(10-12-22)35-18-5-3-17(26)4-6-18/h3-6,9-12,20-21,31H,2,7-8,13-16H2,1H3,(H,27,30)/t20-,21+,25-. The van der Waals surface area contributed by atoms with Gasteiger partial charge in [-0.2, -0.15) is 4.31 Å². The number of hydroxylamine groups is 1. The molecule has 2 saturated heterocycles. The highest BCUT2D eigenvalue weighted by Crippen LogP contribution is 2.44. The van der Waals surface area contributed by atoms with Crippen LogP contribution < -0.4 is 10.2 Å². The minimum absolute atomic E-state index is 0.0513. The molecule has 3 atom stereocenters. The molecule has 2 N–H and O–H groups in total. The second kappa shape index (κ2) is 11.4. The highest BCUT2D eigenvalue weighted by molar-refractivity contribution is 7.89. The first-order chi connectivity index (χ1) is 17.7. The van der Waals surface area contributed by atoms with Gasteiger partial charge in [0, 0.05) is 24.4 Å². The Kier molecular flexibility index (Phi) is 8.39. The number of sulfonamides is 1. The van der Waals surface area contributed by atoms with Crippen LogP contribution in [0.3, 0.4) is 0 Å². The first kappa shape index (κ1) is 27.3. The first-order valence-corrected chi connectivity index (χ1v) is 13.8. The molecular weight excluding hydrogens is 524 g/mol. The van der Waals surface area contributed by atoms with E-state index in [0.29, 0.717) is 29.4 Å². The Balaban J connectivity index is 1.67. The molecule has 12 heteroatoms. The van der Waals surface area contributed by atoms with E-state index in [1.165, 1.54) is 24.3 Å². The third kappa shape index (κ3) is 5.91. The molecule has 2 aromatic carbocycles. The average Bonchev–Trinajstić information content (AvgIpc) is 3.23. The van der Waals surface area contributed by atoms with Crippen LogP contribution in [0.1, 0.15) is 39.0 Å². The second-order valence-corrected chi connectivity index (χ2v) is 11.3. The van der Waals surface area contributed by atoms with E-state index in [4.69, 9.17) is 25.8 Å². The molecule has 0 aromatic heterocycles. The van der Waals surface area contributed by atoms with Gasteiger partial charge in [-0.25, -0.2) is 13.9 Å². The van der Waals surface area contributed by atoms with Crippen LogP contribution in [0.4, 0.5) is 0 Å². The van der Waals surface area contributed by atoms with E-state index >= 15 is 0 Å². The fourth-order valence-electron chi connectivity index (χ4n) is 4.96. The maximum atomic E-state index is 14.0. The van der Waals surface area contributed by atoms with E-state index in [0.717, 1.165) is 4.31 Å². The van der Waals surface area contributed by atoms with Crippen LogP contribution in [0.15, 0.2) is 53.4 Å². The third-order valence-electron chi connectivity index (χ3n) is 6.61. The Morgan fingerprint density at radius 1 is 1.08 bits per heavy atom. The van der Waals surface area contributed by atoms with E-state index in [-0.39, 0.29) is 49.5 Å². The van der Waals surface area contributed by atoms with Gasteiger partial charge in [-0.05, 0) is 68.3 Å². The lowest BCUT2D eigenvalue weighted by Gasteiger charge is -2.45. The number of fused-ring (bicyclic) bond motifs is 2. The molecule has 200 valence electrons. The lowest BCUT2D eigenvalue weighted by molar-refractivity contribution is -0.152. The van der Waals surface area contributed by atoms with Crippen LogP contribution in [0, 0.1) is 0 Å². The minimum Gasteiger partial charge on any atom is -0.466 e. The number of amides is 1. The number of esters is 1. The van der Waals surface area contributed by atoms with Crippen molar-refractivity contribution in [2.24, 2.45) is 0 Å². The van der Waals surface area contributed by atoms with Crippen molar-refractivity contribution in [2.45, 2.75) is 61.7 Å². The summed E-state index contributed by atoms with van der Waals surface area (Å²) in [6.07, 6.45) is 0.506. The minimum atomic E-state index is -4.31. The largest absolute Gasteiger partial charge is 0.466 e. The summed E-state index contributed by atoms with van der Waals surface area (Å²) in [7, 11) is -4.31. The normalized spacial score (nSPS) is 23.0. The summed E-state index contributed by atoms with van der Waals surface area (Å²) in [5.41, 5.74) is 0.0191. The molecule has 4 rings (SSSR count). The molecule has 37 heavy (non-hydrogen) atoms. The number of halogens is 1. The predicted octanol–water partition coefficient (Wildman–Crippen LogP) is 3.66. The van der Waals surface area contributed by atoms with Gasteiger partial charge in [-0.1, -0.05) is 11.6 Å². The number of carbonyl (C=O) groups excluding carboxylic acids is 2. The summed E-state index contributed by atoms with van der Waals surface area (Å²) < 4.78 is 45.6. The van der Waals surface area contributed by atoms with E-state index in [1.807, 2.05) is 0 Å². The van der Waals surface area contributed by atoms with Gasteiger partial charge in [0.2, 0.25) is 10.0 Å². The monoisotopic (exact) mass is 552 g/mol. The Morgan fingerprint density at radius 3 is 2.19 bits per heavy atom. The quantitative estimate of drug-likeness (QED) is 0.259. The van der Waals surface area contributed by atoms with Crippen molar-refractivity contribution in [1.82, 2.24) is 9.79 Å². The van der Waals surface area contributed by atoms with Crippen molar-refractivity contribution in [1.29, 1.82) is 0 Å². The highest BCUT2D eigenvalue weighted by atomic mass is 35.5. The summed E-state index contributed by atoms with van der Waals surface area (Å²) >= 11 is 5.90. The fourth-order valence-corrected chi connectivity index (χ4v) is 6.84. The van der Waals surface area contributed by atoms with Crippen LogP contribution >= 0.6 is 11.6 Å². The molecule has 0 radical (unpaired) electrons.